The minimum atomic E-state index is -0.162. The van der Waals surface area contributed by atoms with Gasteiger partial charge in [0.05, 0.1) is 5.69 Å². The highest BCUT2D eigenvalue weighted by atomic mass is 15.1. The molecular formula is C58H55N. The number of nitrogens with zero attached hydrogens (tertiary/aromatic N) is 1. The van der Waals surface area contributed by atoms with Gasteiger partial charge < -0.3 is 4.90 Å². The summed E-state index contributed by atoms with van der Waals surface area (Å²) in [4.78, 5) is 2.57. The molecule has 1 nitrogen and oxygen atoms in total. The molecule has 1 heteroatoms. The van der Waals surface area contributed by atoms with Crippen molar-refractivity contribution in [1.29, 1.82) is 0 Å². The number of hydrogen-bond acceptors (Lipinski definition) is 1. The standard InChI is InChI=1S/C58H55N/c1-58(2)54-22-13-21-49(43-28-26-41(27-29-43)40-14-5-3-6-15-40)57(54)52-35-34-47(38-55(52)58)59(46-32-30-44(31-33-46)53-37-39-24-25-45(53)36-39)56-23-12-11-20-51(56)50-19-10-9-18-48(50)42-16-7-4-8-17-42/h3,5-6,9-15,18-23,26-35,38-39,42,45,53H,4,7-8,16-17,24-25,36-37H2,1-2H3. The van der Waals surface area contributed by atoms with Crippen molar-refractivity contribution in [2.24, 2.45) is 11.8 Å². The van der Waals surface area contributed by atoms with E-state index in [1.54, 1.807) is 0 Å². The van der Waals surface area contributed by atoms with Crippen molar-refractivity contribution >= 4 is 17.1 Å². The summed E-state index contributed by atoms with van der Waals surface area (Å²) < 4.78 is 0. The van der Waals surface area contributed by atoms with Gasteiger partial charge in [-0.05, 0) is 147 Å². The molecule has 3 fully saturated rings. The van der Waals surface area contributed by atoms with Gasteiger partial charge in [-0.25, -0.2) is 0 Å². The molecule has 0 N–H and O–H groups in total. The number of benzene rings is 7. The molecule has 3 atom stereocenters. The van der Waals surface area contributed by atoms with Crippen LogP contribution in [0.5, 0.6) is 0 Å². The van der Waals surface area contributed by atoms with Crippen LogP contribution >= 0.6 is 0 Å². The average Bonchev–Trinajstić information content (AvgIpc) is 4.00. The molecule has 0 amide bonds. The highest BCUT2D eigenvalue weighted by Gasteiger charge is 2.40. The largest absolute Gasteiger partial charge is 0.310 e. The molecule has 0 saturated heterocycles. The number of hydrogen-bond donors (Lipinski definition) is 0. The Morgan fingerprint density at radius 3 is 1.92 bits per heavy atom. The molecule has 0 radical (unpaired) electrons. The molecule has 11 rings (SSSR count). The lowest BCUT2D eigenvalue weighted by Gasteiger charge is -2.31. The maximum Gasteiger partial charge on any atom is 0.0540 e. The van der Waals surface area contributed by atoms with Gasteiger partial charge in [0, 0.05) is 22.4 Å². The van der Waals surface area contributed by atoms with Crippen molar-refractivity contribution in [3.8, 4) is 44.5 Å². The van der Waals surface area contributed by atoms with E-state index in [0.29, 0.717) is 11.8 Å². The predicted octanol–water partition coefficient (Wildman–Crippen LogP) is 16.4. The molecule has 3 unspecified atom stereocenters. The fourth-order valence-corrected chi connectivity index (χ4v) is 12.0. The highest BCUT2D eigenvalue weighted by Crippen LogP contribution is 2.56. The van der Waals surface area contributed by atoms with Gasteiger partial charge in [0.1, 0.15) is 0 Å². The Labute approximate surface area is 351 Å². The van der Waals surface area contributed by atoms with Crippen LogP contribution in [0.25, 0.3) is 44.5 Å². The molecule has 0 aromatic heterocycles. The molecular weight excluding hydrogens is 711 g/mol. The third-order valence-corrected chi connectivity index (χ3v) is 15.0. The summed E-state index contributed by atoms with van der Waals surface area (Å²) >= 11 is 0. The Morgan fingerprint density at radius 2 is 1.15 bits per heavy atom. The van der Waals surface area contributed by atoms with Gasteiger partial charge in [-0.1, -0.05) is 173 Å². The number of fused-ring (bicyclic) bond motifs is 5. The maximum atomic E-state index is 2.57. The zero-order valence-electron chi connectivity index (χ0n) is 34.7. The van der Waals surface area contributed by atoms with Crippen LogP contribution in [0.2, 0.25) is 0 Å². The van der Waals surface area contributed by atoms with Gasteiger partial charge in [0.2, 0.25) is 0 Å². The fraction of sp³-hybridized carbons (Fsp3) is 0.276. The van der Waals surface area contributed by atoms with E-state index in [2.05, 4.69) is 183 Å². The van der Waals surface area contributed by atoms with Crippen LogP contribution < -0.4 is 4.90 Å². The molecule has 2 bridgehead atoms. The molecule has 0 aliphatic heterocycles. The van der Waals surface area contributed by atoms with Crippen molar-refractivity contribution in [2.45, 2.75) is 88.9 Å². The summed E-state index contributed by atoms with van der Waals surface area (Å²) in [5, 5.41) is 0. The van der Waals surface area contributed by atoms with Crippen LogP contribution in [-0.4, -0.2) is 0 Å². The van der Waals surface area contributed by atoms with Crippen molar-refractivity contribution < 1.29 is 0 Å². The van der Waals surface area contributed by atoms with E-state index in [9.17, 15) is 0 Å². The lowest BCUT2D eigenvalue weighted by Crippen LogP contribution is -2.17. The minimum absolute atomic E-state index is 0.162. The minimum Gasteiger partial charge on any atom is -0.310 e. The Morgan fingerprint density at radius 1 is 0.475 bits per heavy atom. The second-order valence-electron chi connectivity index (χ2n) is 18.7. The molecule has 4 aliphatic rings. The van der Waals surface area contributed by atoms with Gasteiger partial charge in [-0.2, -0.15) is 0 Å². The van der Waals surface area contributed by atoms with Crippen LogP contribution in [-0.2, 0) is 5.41 Å². The van der Waals surface area contributed by atoms with E-state index >= 15 is 0 Å². The van der Waals surface area contributed by atoms with Gasteiger partial charge in [0.15, 0.2) is 0 Å². The van der Waals surface area contributed by atoms with E-state index < -0.39 is 0 Å². The first kappa shape index (κ1) is 36.4. The van der Waals surface area contributed by atoms with E-state index in [0.717, 1.165) is 11.8 Å². The quantitative estimate of drug-likeness (QED) is 0.149. The Bertz CT molecular complexity index is 2630. The lowest BCUT2D eigenvalue weighted by molar-refractivity contribution is 0.420. The summed E-state index contributed by atoms with van der Waals surface area (Å²) in [7, 11) is 0. The summed E-state index contributed by atoms with van der Waals surface area (Å²) in [5.41, 5.74) is 19.9. The summed E-state index contributed by atoms with van der Waals surface area (Å²) in [5.74, 6) is 3.14. The number of anilines is 3. The second-order valence-corrected chi connectivity index (χ2v) is 18.7. The van der Waals surface area contributed by atoms with Gasteiger partial charge in [0.25, 0.3) is 0 Å². The molecule has 292 valence electrons. The number of rotatable bonds is 8. The topological polar surface area (TPSA) is 3.24 Å². The van der Waals surface area contributed by atoms with Crippen LogP contribution in [0.3, 0.4) is 0 Å². The van der Waals surface area contributed by atoms with Crippen LogP contribution in [0, 0.1) is 11.8 Å². The predicted molar refractivity (Wildman–Crippen MR) is 249 cm³/mol. The van der Waals surface area contributed by atoms with Gasteiger partial charge in [-0.15, -0.1) is 0 Å². The zero-order chi connectivity index (χ0) is 39.5. The molecule has 4 aliphatic carbocycles. The first-order valence-corrected chi connectivity index (χ1v) is 22.5. The molecule has 3 saturated carbocycles. The van der Waals surface area contributed by atoms with E-state index in [1.165, 1.54) is 142 Å². The fourth-order valence-electron chi connectivity index (χ4n) is 12.0. The SMILES string of the molecule is CC1(C)c2cc(N(c3ccc(C4CC5CCC4C5)cc3)c3ccccc3-c3ccccc3C3CCCCC3)ccc2-c2c(-c3ccc(-c4ccccc4)cc3)cccc21. The van der Waals surface area contributed by atoms with Crippen molar-refractivity contribution in [1.82, 2.24) is 0 Å². The Balaban J connectivity index is 1.03. The van der Waals surface area contributed by atoms with Crippen molar-refractivity contribution in [2.75, 3.05) is 4.90 Å². The molecule has 59 heavy (non-hydrogen) atoms. The second kappa shape index (κ2) is 14.9. The maximum absolute atomic E-state index is 2.57. The Kier molecular flexibility index (Phi) is 9.18. The third-order valence-electron chi connectivity index (χ3n) is 15.0. The molecule has 7 aromatic rings. The number of para-hydroxylation sites is 1. The van der Waals surface area contributed by atoms with Crippen molar-refractivity contribution in [3.05, 3.63) is 186 Å². The van der Waals surface area contributed by atoms with E-state index in [-0.39, 0.29) is 5.41 Å². The lowest BCUT2D eigenvalue weighted by atomic mass is 9.80. The first-order chi connectivity index (χ1) is 29.0. The summed E-state index contributed by atoms with van der Waals surface area (Å²) in [6, 6.07) is 62.4. The molecule has 0 spiro atoms. The smallest absolute Gasteiger partial charge is 0.0540 e. The Hall–Kier alpha value is -5.66. The molecule has 0 heterocycles. The first-order valence-electron chi connectivity index (χ1n) is 22.5. The van der Waals surface area contributed by atoms with Crippen LogP contribution in [0.1, 0.15) is 106 Å². The van der Waals surface area contributed by atoms with Crippen LogP contribution in [0.4, 0.5) is 17.1 Å². The summed E-state index contributed by atoms with van der Waals surface area (Å²) in [6.07, 6.45) is 12.2. The van der Waals surface area contributed by atoms with E-state index in [1.807, 2.05) is 0 Å². The third kappa shape index (κ3) is 6.37. The zero-order valence-corrected chi connectivity index (χ0v) is 34.7. The highest BCUT2D eigenvalue weighted by molar-refractivity contribution is 5.95. The summed E-state index contributed by atoms with van der Waals surface area (Å²) in [6.45, 7) is 4.85. The van der Waals surface area contributed by atoms with E-state index in [4.69, 9.17) is 0 Å². The van der Waals surface area contributed by atoms with Crippen molar-refractivity contribution in [3.63, 3.8) is 0 Å². The molecule has 7 aromatic carbocycles. The van der Waals surface area contributed by atoms with Crippen LogP contribution in [0.15, 0.2) is 164 Å². The average molecular weight is 766 g/mol. The van der Waals surface area contributed by atoms with Gasteiger partial charge >= 0.3 is 0 Å². The normalized spacial score (nSPS) is 20.3. The monoisotopic (exact) mass is 765 g/mol. The van der Waals surface area contributed by atoms with Gasteiger partial charge in [-0.3, -0.25) is 0 Å².